The highest BCUT2D eigenvalue weighted by Crippen LogP contribution is 2.25. The van der Waals surface area contributed by atoms with Crippen molar-refractivity contribution in [2.75, 3.05) is 27.3 Å². The predicted octanol–water partition coefficient (Wildman–Crippen LogP) is 2.30. The first-order chi connectivity index (χ1) is 10.0. The number of likely N-dealkylation sites (N-methyl/N-ethyl adjacent to an activating group) is 1. The molecule has 0 radical (unpaired) electrons. The molecule has 0 aliphatic heterocycles. The molecular formula is C15H20ClNO4. The van der Waals surface area contributed by atoms with Gasteiger partial charge < -0.3 is 14.4 Å². The second-order valence-electron chi connectivity index (χ2n) is 4.45. The van der Waals surface area contributed by atoms with Gasteiger partial charge in [0.05, 0.1) is 19.2 Å². The number of amides is 1. The van der Waals surface area contributed by atoms with Crippen molar-refractivity contribution in [2.45, 2.75) is 19.8 Å². The number of ether oxygens (including phenoxy) is 2. The lowest BCUT2D eigenvalue weighted by molar-refractivity contribution is -0.146. The molecule has 0 unspecified atom stereocenters. The quantitative estimate of drug-likeness (QED) is 0.725. The summed E-state index contributed by atoms with van der Waals surface area (Å²) in [6.07, 6.45) is 0.869. The summed E-state index contributed by atoms with van der Waals surface area (Å²) in [7, 11) is 2.86. The first-order valence-electron chi connectivity index (χ1n) is 6.68. The van der Waals surface area contributed by atoms with E-state index in [4.69, 9.17) is 16.3 Å². The fraction of sp³-hybridized carbons (Fsp3) is 0.467. The second kappa shape index (κ2) is 8.52. The first kappa shape index (κ1) is 17.3. The van der Waals surface area contributed by atoms with Crippen LogP contribution < -0.4 is 4.74 Å². The van der Waals surface area contributed by atoms with Crippen LogP contribution in [0.2, 0.25) is 5.02 Å². The summed E-state index contributed by atoms with van der Waals surface area (Å²) >= 11 is 6.04. The number of halogens is 1. The van der Waals surface area contributed by atoms with Crippen LogP contribution in [0.4, 0.5) is 0 Å². The second-order valence-corrected chi connectivity index (χ2v) is 4.86. The van der Waals surface area contributed by atoms with E-state index in [0.29, 0.717) is 30.2 Å². The molecule has 0 saturated heterocycles. The molecule has 5 nitrogen and oxygen atoms in total. The fourth-order valence-corrected chi connectivity index (χ4v) is 2.15. The highest BCUT2D eigenvalue weighted by molar-refractivity contribution is 6.32. The highest BCUT2D eigenvalue weighted by atomic mass is 35.5. The van der Waals surface area contributed by atoms with Crippen molar-refractivity contribution in [3.63, 3.8) is 0 Å². The molecule has 0 fully saturated rings. The van der Waals surface area contributed by atoms with Gasteiger partial charge in [-0.05, 0) is 31.0 Å². The molecule has 0 bridgehead atoms. The van der Waals surface area contributed by atoms with Crippen molar-refractivity contribution in [1.82, 2.24) is 4.90 Å². The molecule has 1 rings (SSSR count). The van der Waals surface area contributed by atoms with E-state index in [-0.39, 0.29) is 12.5 Å². The summed E-state index contributed by atoms with van der Waals surface area (Å²) in [5.41, 5.74) is 0.947. The zero-order chi connectivity index (χ0) is 15.8. The van der Waals surface area contributed by atoms with E-state index < -0.39 is 5.97 Å². The third kappa shape index (κ3) is 5.27. The van der Waals surface area contributed by atoms with Gasteiger partial charge in [-0.15, -0.1) is 0 Å². The molecular weight excluding hydrogens is 294 g/mol. The summed E-state index contributed by atoms with van der Waals surface area (Å²) in [6.45, 7) is 2.28. The standard InChI is InChI=1S/C15H20ClNO4/c1-4-17(10-15(19)21-3)14(18)8-6-11-5-7-13(20-2)12(16)9-11/h5,7,9H,4,6,8,10H2,1-3H3. The average Bonchev–Trinajstić information content (AvgIpc) is 2.50. The summed E-state index contributed by atoms with van der Waals surface area (Å²) in [5.74, 6) is 0.0974. The molecule has 21 heavy (non-hydrogen) atoms. The Bertz CT molecular complexity index is 504. The molecule has 0 aliphatic carbocycles. The van der Waals surface area contributed by atoms with E-state index in [1.165, 1.54) is 12.0 Å². The Morgan fingerprint density at radius 2 is 2.00 bits per heavy atom. The summed E-state index contributed by atoms with van der Waals surface area (Å²) < 4.78 is 9.65. The molecule has 0 aliphatic rings. The number of carbonyl (C=O) groups excluding carboxylic acids is 2. The van der Waals surface area contributed by atoms with Crippen LogP contribution in [0.25, 0.3) is 0 Å². The van der Waals surface area contributed by atoms with Crippen LogP contribution in [-0.2, 0) is 20.7 Å². The summed E-state index contributed by atoms with van der Waals surface area (Å²) in [6, 6.07) is 5.42. The van der Waals surface area contributed by atoms with E-state index in [9.17, 15) is 9.59 Å². The summed E-state index contributed by atoms with van der Waals surface area (Å²) in [5, 5.41) is 0.518. The molecule has 1 amide bonds. The number of carbonyl (C=O) groups is 2. The number of methoxy groups -OCH3 is 2. The number of rotatable bonds is 7. The molecule has 6 heteroatoms. The fourth-order valence-electron chi connectivity index (χ4n) is 1.87. The van der Waals surface area contributed by atoms with Gasteiger partial charge in [0.15, 0.2) is 0 Å². The molecule has 0 spiro atoms. The number of benzene rings is 1. The third-order valence-corrected chi connectivity index (χ3v) is 3.42. The van der Waals surface area contributed by atoms with Crippen LogP contribution in [0.3, 0.4) is 0 Å². The maximum Gasteiger partial charge on any atom is 0.325 e. The Morgan fingerprint density at radius 1 is 1.29 bits per heavy atom. The molecule has 1 aromatic carbocycles. The number of nitrogens with zero attached hydrogens (tertiary/aromatic N) is 1. The molecule has 0 saturated carbocycles. The van der Waals surface area contributed by atoms with Crippen molar-refractivity contribution in [3.05, 3.63) is 28.8 Å². The topological polar surface area (TPSA) is 55.8 Å². The Labute approximate surface area is 129 Å². The molecule has 0 N–H and O–H groups in total. The molecule has 0 aromatic heterocycles. The minimum atomic E-state index is -0.419. The number of hydrogen-bond acceptors (Lipinski definition) is 4. The normalized spacial score (nSPS) is 10.1. The van der Waals surface area contributed by atoms with Crippen LogP contribution in [0.1, 0.15) is 18.9 Å². The smallest absolute Gasteiger partial charge is 0.325 e. The lowest BCUT2D eigenvalue weighted by Gasteiger charge is -2.19. The van der Waals surface area contributed by atoms with Gasteiger partial charge in [0.2, 0.25) is 5.91 Å². The maximum atomic E-state index is 12.1. The van der Waals surface area contributed by atoms with Gasteiger partial charge in [-0.25, -0.2) is 0 Å². The van der Waals surface area contributed by atoms with Crippen molar-refractivity contribution >= 4 is 23.5 Å². The molecule has 0 atom stereocenters. The zero-order valence-corrected chi connectivity index (χ0v) is 13.3. The van der Waals surface area contributed by atoms with Gasteiger partial charge in [0, 0.05) is 13.0 Å². The zero-order valence-electron chi connectivity index (χ0n) is 12.5. The third-order valence-electron chi connectivity index (χ3n) is 3.13. The SMILES string of the molecule is CCN(CC(=O)OC)C(=O)CCc1ccc(OC)c(Cl)c1. The van der Waals surface area contributed by atoms with Crippen molar-refractivity contribution in [1.29, 1.82) is 0 Å². The van der Waals surface area contributed by atoms with Crippen molar-refractivity contribution < 1.29 is 19.1 Å². The van der Waals surface area contributed by atoms with Crippen LogP contribution in [0, 0.1) is 0 Å². The maximum absolute atomic E-state index is 12.1. The van der Waals surface area contributed by atoms with Gasteiger partial charge in [0.25, 0.3) is 0 Å². The van der Waals surface area contributed by atoms with Gasteiger partial charge in [-0.1, -0.05) is 17.7 Å². The van der Waals surface area contributed by atoms with E-state index in [0.717, 1.165) is 5.56 Å². The number of hydrogen-bond donors (Lipinski definition) is 0. The Morgan fingerprint density at radius 3 is 2.52 bits per heavy atom. The Balaban J connectivity index is 2.58. The number of aryl methyl sites for hydroxylation is 1. The van der Waals surface area contributed by atoms with Crippen molar-refractivity contribution in [3.8, 4) is 5.75 Å². The minimum absolute atomic E-state index is 0.0186. The molecule has 1 aromatic rings. The van der Waals surface area contributed by atoms with Crippen LogP contribution >= 0.6 is 11.6 Å². The summed E-state index contributed by atoms with van der Waals surface area (Å²) in [4.78, 5) is 24.8. The van der Waals surface area contributed by atoms with E-state index in [2.05, 4.69) is 4.74 Å². The van der Waals surface area contributed by atoms with Gasteiger partial charge in [-0.2, -0.15) is 0 Å². The van der Waals surface area contributed by atoms with Gasteiger partial charge >= 0.3 is 5.97 Å². The number of esters is 1. The lowest BCUT2D eigenvalue weighted by Crippen LogP contribution is -2.36. The monoisotopic (exact) mass is 313 g/mol. The van der Waals surface area contributed by atoms with Gasteiger partial charge in [-0.3, -0.25) is 9.59 Å². The van der Waals surface area contributed by atoms with E-state index >= 15 is 0 Å². The van der Waals surface area contributed by atoms with Crippen LogP contribution in [0.15, 0.2) is 18.2 Å². The highest BCUT2D eigenvalue weighted by Gasteiger charge is 2.15. The molecule has 0 heterocycles. The molecule has 116 valence electrons. The van der Waals surface area contributed by atoms with Crippen LogP contribution in [0.5, 0.6) is 5.75 Å². The largest absolute Gasteiger partial charge is 0.495 e. The Hall–Kier alpha value is -1.75. The van der Waals surface area contributed by atoms with Crippen LogP contribution in [-0.4, -0.2) is 44.1 Å². The lowest BCUT2D eigenvalue weighted by atomic mass is 10.1. The van der Waals surface area contributed by atoms with Crippen molar-refractivity contribution in [2.24, 2.45) is 0 Å². The first-order valence-corrected chi connectivity index (χ1v) is 7.06. The average molecular weight is 314 g/mol. The van der Waals surface area contributed by atoms with E-state index in [1.807, 2.05) is 13.0 Å². The Kier molecular flexibility index (Phi) is 7.02. The van der Waals surface area contributed by atoms with E-state index in [1.54, 1.807) is 19.2 Å². The minimum Gasteiger partial charge on any atom is -0.495 e. The predicted molar refractivity (Wildman–Crippen MR) is 80.6 cm³/mol. The van der Waals surface area contributed by atoms with Gasteiger partial charge in [0.1, 0.15) is 12.3 Å².